The lowest BCUT2D eigenvalue weighted by molar-refractivity contribution is -0.118. The lowest BCUT2D eigenvalue weighted by Gasteiger charge is -2.31. The number of nitrogens with zero attached hydrogens (tertiary/aromatic N) is 1. The summed E-state index contributed by atoms with van der Waals surface area (Å²) >= 11 is 1.10. The van der Waals surface area contributed by atoms with Crippen molar-refractivity contribution in [3.8, 4) is 22.6 Å². The molecule has 1 saturated heterocycles. The van der Waals surface area contributed by atoms with E-state index in [9.17, 15) is 19.5 Å². The van der Waals surface area contributed by atoms with E-state index in [1.54, 1.807) is 6.07 Å². The van der Waals surface area contributed by atoms with Gasteiger partial charge in [0.15, 0.2) is 6.61 Å². The van der Waals surface area contributed by atoms with Gasteiger partial charge < -0.3 is 35.1 Å². The number of carbonyl (C=O) groups excluding carboxylic acids is 2. The van der Waals surface area contributed by atoms with Crippen LogP contribution in [0, 0.1) is 0 Å². The minimum atomic E-state index is -0.427. The predicted octanol–water partition coefficient (Wildman–Crippen LogP) is 7.57. The average molecular weight is 772 g/mol. The minimum Gasteiger partial charge on any atom is -0.506 e. The zero-order valence-electron chi connectivity index (χ0n) is 31.0. The molecule has 0 aliphatic carbocycles. The summed E-state index contributed by atoms with van der Waals surface area (Å²) in [6.07, 6.45) is 2.57. The molecule has 1 aliphatic rings. The normalized spacial score (nSPS) is 13.4. The van der Waals surface area contributed by atoms with E-state index in [1.165, 1.54) is 5.56 Å². The van der Waals surface area contributed by atoms with Crippen molar-refractivity contribution >= 4 is 44.9 Å². The molecule has 2 heterocycles. The van der Waals surface area contributed by atoms with Gasteiger partial charge in [0.25, 0.3) is 5.91 Å². The van der Waals surface area contributed by atoms with Gasteiger partial charge in [-0.2, -0.15) is 0 Å². The van der Waals surface area contributed by atoms with Gasteiger partial charge in [0, 0.05) is 43.0 Å². The van der Waals surface area contributed by atoms with Crippen molar-refractivity contribution in [3.05, 3.63) is 142 Å². The van der Waals surface area contributed by atoms with Crippen LogP contribution in [0.1, 0.15) is 29.5 Å². The summed E-state index contributed by atoms with van der Waals surface area (Å²) in [5.74, 6) is 0.450. The van der Waals surface area contributed by atoms with E-state index in [-0.39, 0.29) is 29.2 Å². The van der Waals surface area contributed by atoms with E-state index in [4.69, 9.17) is 9.47 Å². The summed E-state index contributed by atoms with van der Waals surface area (Å²) in [5.41, 5.74) is 6.98. The second kappa shape index (κ2) is 18.6. The summed E-state index contributed by atoms with van der Waals surface area (Å²) in [5, 5.41) is 19.3. The van der Waals surface area contributed by atoms with E-state index >= 15 is 0 Å². The van der Waals surface area contributed by atoms with Gasteiger partial charge in [-0.1, -0.05) is 96.3 Å². The number of hydrogen-bond acceptors (Lipinski definition) is 9. The Kier molecular flexibility index (Phi) is 12.7. The van der Waals surface area contributed by atoms with Gasteiger partial charge in [0.1, 0.15) is 23.1 Å². The Morgan fingerprint density at radius 2 is 1.57 bits per heavy atom. The van der Waals surface area contributed by atoms with Gasteiger partial charge in [-0.25, -0.2) is 4.79 Å². The first-order chi connectivity index (χ1) is 27.4. The molecule has 56 heavy (non-hydrogen) atoms. The van der Waals surface area contributed by atoms with E-state index in [0.29, 0.717) is 36.5 Å². The van der Waals surface area contributed by atoms with Gasteiger partial charge in [-0.05, 0) is 79.3 Å². The van der Waals surface area contributed by atoms with Crippen LogP contribution in [0.25, 0.3) is 21.3 Å². The largest absolute Gasteiger partial charge is 0.506 e. The molecule has 1 aromatic heterocycles. The fraction of sp³-hybridized carbons (Fsp3) is 0.250. The lowest BCUT2D eigenvalue weighted by atomic mass is 10.0. The Morgan fingerprint density at radius 3 is 2.39 bits per heavy atom. The van der Waals surface area contributed by atoms with Crippen LogP contribution in [0.4, 0.5) is 16.2 Å². The van der Waals surface area contributed by atoms with Crippen LogP contribution in [0.2, 0.25) is 0 Å². The number of H-pyrrole nitrogens is 1. The number of carbonyl (C=O) groups is 2. The summed E-state index contributed by atoms with van der Waals surface area (Å²) in [7, 11) is 0. The number of likely N-dealkylation sites (tertiary alicyclic amines) is 1. The van der Waals surface area contributed by atoms with Crippen LogP contribution in [0.5, 0.6) is 11.5 Å². The number of nitrogens with one attached hydrogen (secondary N) is 4. The first-order valence-corrected chi connectivity index (χ1v) is 19.7. The monoisotopic (exact) mass is 771 g/mol. The molecule has 0 saturated carbocycles. The molecule has 0 spiro atoms. The van der Waals surface area contributed by atoms with Crippen molar-refractivity contribution in [3.63, 3.8) is 0 Å². The highest BCUT2D eigenvalue weighted by molar-refractivity contribution is 7.16. The number of phenols is 1. The zero-order valence-corrected chi connectivity index (χ0v) is 31.8. The molecule has 0 bridgehead atoms. The first-order valence-electron chi connectivity index (χ1n) is 18.9. The number of amides is 2. The van der Waals surface area contributed by atoms with Crippen molar-refractivity contribution in [1.29, 1.82) is 0 Å². The maximum atomic E-state index is 12.8. The van der Waals surface area contributed by atoms with Crippen LogP contribution in [-0.4, -0.2) is 65.9 Å². The van der Waals surface area contributed by atoms with Crippen molar-refractivity contribution in [1.82, 2.24) is 15.2 Å². The lowest BCUT2D eigenvalue weighted by Crippen LogP contribution is -2.39. The Morgan fingerprint density at radius 1 is 0.821 bits per heavy atom. The molecule has 0 radical (unpaired) electrons. The Balaban J connectivity index is 0.796. The van der Waals surface area contributed by atoms with E-state index in [0.717, 1.165) is 82.9 Å². The Labute approximate surface area is 329 Å². The number of phenolic OH excluding ortho intramolecular Hbond substituents is 1. The third-order valence-electron chi connectivity index (χ3n) is 9.87. The molecule has 0 atom stereocenters. The smallest absolute Gasteiger partial charge is 0.411 e. The number of aromatic hydroxyl groups is 1. The van der Waals surface area contributed by atoms with E-state index in [2.05, 4.69) is 25.8 Å². The second-order valence-electron chi connectivity index (χ2n) is 13.8. The molecule has 7 rings (SSSR count). The number of rotatable bonds is 15. The van der Waals surface area contributed by atoms with E-state index < -0.39 is 6.09 Å². The molecule has 288 valence electrons. The minimum absolute atomic E-state index is 0.0695. The van der Waals surface area contributed by atoms with Crippen LogP contribution < -0.4 is 25.6 Å². The van der Waals surface area contributed by atoms with Crippen LogP contribution in [0.3, 0.4) is 0 Å². The molecule has 1 aliphatic heterocycles. The number of aromatic nitrogens is 1. The molecule has 12 heteroatoms. The first kappa shape index (κ1) is 38.3. The Bertz CT molecular complexity index is 2300. The number of piperidine rings is 1. The second-order valence-corrected chi connectivity index (χ2v) is 14.7. The van der Waals surface area contributed by atoms with E-state index in [1.807, 2.05) is 109 Å². The summed E-state index contributed by atoms with van der Waals surface area (Å²) in [6.45, 7) is 3.67. The molecular weight excluding hydrogens is 727 g/mol. The molecule has 5 aromatic carbocycles. The van der Waals surface area contributed by atoms with Gasteiger partial charge >= 0.3 is 11.0 Å². The molecule has 11 nitrogen and oxygen atoms in total. The van der Waals surface area contributed by atoms with Gasteiger partial charge in [0.2, 0.25) is 0 Å². The SMILES string of the molecule is O=C(COc1ccccc1CNCCc1ccc(O)c2[nH]c(=O)sc12)Nc1ccc(CCN2CCC(OC(=O)Nc3ccccc3-c3ccccc3)CC2)cc1. The van der Waals surface area contributed by atoms with Gasteiger partial charge in [-0.15, -0.1) is 0 Å². The highest BCUT2D eigenvalue weighted by Crippen LogP contribution is 2.29. The number of fused-ring (bicyclic) bond motifs is 1. The molecular formula is C44H45N5O6S. The predicted molar refractivity (Wildman–Crippen MR) is 222 cm³/mol. The third kappa shape index (κ3) is 10.2. The van der Waals surface area contributed by atoms with Gasteiger partial charge in [-0.3, -0.25) is 14.9 Å². The fourth-order valence-electron chi connectivity index (χ4n) is 6.89. The van der Waals surface area contributed by atoms with Crippen molar-refractivity contribution in [2.24, 2.45) is 0 Å². The van der Waals surface area contributed by atoms with Gasteiger partial charge in [0.05, 0.1) is 10.4 Å². The maximum Gasteiger partial charge on any atom is 0.411 e. The quantitative estimate of drug-likeness (QED) is 0.0673. The molecule has 2 amide bonds. The number of ether oxygens (including phenoxy) is 2. The van der Waals surface area contributed by atoms with Crippen molar-refractivity contribution in [2.75, 3.05) is 43.4 Å². The zero-order chi connectivity index (χ0) is 38.7. The highest BCUT2D eigenvalue weighted by atomic mass is 32.1. The third-order valence-corrected chi connectivity index (χ3v) is 10.8. The summed E-state index contributed by atoms with van der Waals surface area (Å²) in [4.78, 5) is 42.3. The number of benzene rings is 5. The summed E-state index contributed by atoms with van der Waals surface area (Å²) in [6, 6.07) is 36.6. The van der Waals surface area contributed by atoms with Crippen LogP contribution in [-0.2, 0) is 28.9 Å². The number of para-hydroxylation sites is 2. The van der Waals surface area contributed by atoms with Crippen LogP contribution in [0.15, 0.2) is 120 Å². The maximum absolute atomic E-state index is 12.8. The molecule has 6 aromatic rings. The van der Waals surface area contributed by atoms with Crippen molar-refractivity contribution in [2.45, 2.75) is 38.3 Å². The number of aromatic amines is 1. The van der Waals surface area contributed by atoms with Crippen molar-refractivity contribution < 1.29 is 24.2 Å². The topological polar surface area (TPSA) is 145 Å². The molecule has 5 N–H and O–H groups in total. The highest BCUT2D eigenvalue weighted by Gasteiger charge is 2.23. The standard InChI is InChI=1S/C44H45N5O6S/c50-38-19-16-32(42-41(38)48-44(53)56-42)20-24-45-28-33-10-4-7-13-39(33)54-29-40(51)46-34-17-14-30(15-18-34)21-25-49-26-22-35(23-27-49)55-43(52)47-37-12-6-5-11-36(37)31-8-2-1-3-9-31/h1-19,35,45,50H,20-29H2,(H,46,51)(H,47,52)(H,48,53). The fourth-order valence-corrected chi connectivity index (χ4v) is 7.79. The summed E-state index contributed by atoms with van der Waals surface area (Å²) < 4.78 is 12.5. The number of thiazole rings is 1. The van der Waals surface area contributed by atoms with Crippen LogP contribution >= 0.6 is 11.3 Å². The number of hydrogen-bond donors (Lipinski definition) is 5. The molecule has 1 fully saturated rings. The average Bonchev–Trinajstić information content (AvgIpc) is 3.63. The Hall–Kier alpha value is -5.95. The number of anilines is 2. The molecule has 0 unspecified atom stereocenters.